The first kappa shape index (κ1) is 14.1. The minimum absolute atomic E-state index is 0.0374. The lowest BCUT2D eigenvalue weighted by Gasteiger charge is -2.19. The molecule has 0 unspecified atom stereocenters. The van der Waals surface area contributed by atoms with Gasteiger partial charge in [-0.2, -0.15) is 5.10 Å². The van der Waals surface area contributed by atoms with E-state index in [1.54, 1.807) is 4.68 Å². The summed E-state index contributed by atoms with van der Waals surface area (Å²) in [5.74, 6) is 0.0519. The van der Waals surface area contributed by atoms with Crippen LogP contribution in [0.3, 0.4) is 0 Å². The van der Waals surface area contributed by atoms with Crippen molar-refractivity contribution in [3.63, 3.8) is 0 Å². The average Bonchev–Trinajstić information content (AvgIpc) is 2.80. The molecule has 0 aromatic carbocycles. The molecule has 1 aliphatic heterocycles. The summed E-state index contributed by atoms with van der Waals surface area (Å²) in [5.41, 5.74) is 1.77. The van der Waals surface area contributed by atoms with Crippen molar-refractivity contribution >= 4 is 5.91 Å². The molecule has 105 valence electrons. The minimum atomic E-state index is -0.0374. The topological polar surface area (TPSA) is 38.1 Å². The molecule has 4 nitrogen and oxygen atoms in total. The normalized spacial score (nSPS) is 18.9. The SMILES string of the molecule is Cn1nc(C(C)(C)C)cc1C(=O)N1[CH]CC(C)(C)C1. The molecule has 0 atom stereocenters. The first-order chi connectivity index (χ1) is 8.60. The van der Waals surface area contributed by atoms with Gasteiger partial charge in [-0.15, -0.1) is 0 Å². The Morgan fingerprint density at radius 3 is 2.42 bits per heavy atom. The van der Waals surface area contributed by atoms with Crippen LogP contribution in [0.25, 0.3) is 0 Å². The molecule has 1 amide bonds. The Balaban J connectivity index is 2.23. The monoisotopic (exact) mass is 262 g/mol. The molecule has 1 fully saturated rings. The van der Waals surface area contributed by atoms with Crippen LogP contribution in [0.5, 0.6) is 0 Å². The number of hydrogen-bond acceptors (Lipinski definition) is 2. The van der Waals surface area contributed by atoms with Gasteiger partial charge in [0.05, 0.1) is 12.2 Å². The van der Waals surface area contributed by atoms with Crippen molar-refractivity contribution in [3.05, 3.63) is 24.0 Å². The van der Waals surface area contributed by atoms with Gasteiger partial charge in [0.15, 0.2) is 0 Å². The predicted octanol–water partition coefficient (Wildman–Crippen LogP) is 2.75. The highest BCUT2D eigenvalue weighted by Gasteiger charge is 2.34. The van der Waals surface area contributed by atoms with E-state index < -0.39 is 0 Å². The van der Waals surface area contributed by atoms with Crippen LogP contribution >= 0.6 is 0 Å². The fourth-order valence-electron chi connectivity index (χ4n) is 2.28. The molecule has 0 N–H and O–H groups in total. The third kappa shape index (κ3) is 2.82. The maximum Gasteiger partial charge on any atom is 0.272 e. The van der Waals surface area contributed by atoms with Gasteiger partial charge < -0.3 is 4.90 Å². The summed E-state index contributed by atoms with van der Waals surface area (Å²) >= 11 is 0. The van der Waals surface area contributed by atoms with Crippen molar-refractivity contribution in [2.24, 2.45) is 12.5 Å². The van der Waals surface area contributed by atoms with Crippen molar-refractivity contribution in [3.8, 4) is 0 Å². The first-order valence-electron chi connectivity index (χ1n) is 6.79. The van der Waals surface area contributed by atoms with Gasteiger partial charge in [0, 0.05) is 19.0 Å². The molecule has 4 heteroatoms. The van der Waals surface area contributed by atoms with E-state index in [0.29, 0.717) is 5.69 Å². The Bertz CT molecular complexity index is 494. The number of rotatable bonds is 1. The summed E-state index contributed by atoms with van der Waals surface area (Å²) in [6, 6.07) is 1.92. The van der Waals surface area contributed by atoms with Crippen molar-refractivity contribution in [2.75, 3.05) is 6.54 Å². The van der Waals surface area contributed by atoms with Gasteiger partial charge in [-0.25, -0.2) is 0 Å². The highest BCUT2D eigenvalue weighted by Crippen LogP contribution is 2.32. The number of carbonyl (C=O) groups is 1. The number of aryl methyl sites for hydroxylation is 1. The number of aromatic nitrogens is 2. The Hall–Kier alpha value is -1.32. The van der Waals surface area contributed by atoms with Crippen molar-refractivity contribution < 1.29 is 4.79 Å². The molecule has 1 saturated heterocycles. The van der Waals surface area contributed by atoms with Gasteiger partial charge in [0.2, 0.25) is 0 Å². The standard InChI is InChI=1S/C15H24N3O/c1-14(2,3)12-9-11(17(6)16-12)13(19)18-8-7-15(4,5)10-18/h8-9H,7,10H2,1-6H3. The summed E-state index contributed by atoms with van der Waals surface area (Å²) in [6.45, 7) is 13.5. The maximum absolute atomic E-state index is 12.5. The Labute approximate surface area is 115 Å². The fraction of sp³-hybridized carbons (Fsp3) is 0.667. The molecule has 1 aromatic rings. The highest BCUT2D eigenvalue weighted by atomic mass is 16.2. The van der Waals surface area contributed by atoms with Crippen LogP contribution in [-0.4, -0.2) is 27.1 Å². The van der Waals surface area contributed by atoms with Gasteiger partial charge in [-0.05, 0) is 17.9 Å². The summed E-state index contributed by atoms with van der Waals surface area (Å²) in [4.78, 5) is 14.4. The third-order valence-corrected chi connectivity index (χ3v) is 3.59. The maximum atomic E-state index is 12.5. The van der Waals surface area contributed by atoms with E-state index in [2.05, 4.69) is 39.7 Å². The molecule has 0 bridgehead atoms. The van der Waals surface area contributed by atoms with Crippen LogP contribution in [0.2, 0.25) is 0 Å². The lowest BCUT2D eigenvalue weighted by molar-refractivity contribution is 0.0793. The van der Waals surface area contributed by atoms with E-state index in [4.69, 9.17) is 0 Å². The predicted molar refractivity (Wildman–Crippen MR) is 75.6 cm³/mol. The van der Waals surface area contributed by atoms with Gasteiger partial charge in [0.25, 0.3) is 5.91 Å². The van der Waals surface area contributed by atoms with E-state index in [1.807, 2.05) is 24.6 Å². The average molecular weight is 262 g/mol. The van der Waals surface area contributed by atoms with Crippen LogP contribution in [-0.2, 0) is 12.5 Å². The zero-order valence-electron chi connectivity index (χ0n) is 12.8. The van der Waals surface area contributed by atoms with Crippen molar-refractivity contribution in [1.82, 2.24) is 14.7 Å². The number of hydrogen-bond donors (Lipinski definition) is 0. The first-order valence-corrected chi connectivity index (χ1v) is 6.79. The van der Waals surface area contributed by atoms with Gasteiger partial charge in [0.1, 0.15) is 5.69 Å². The largest absolute Gasteiger partial charge is 0.332 e. The lowest BCUT2D eigenvalue weighted by Crippen LogP contribution is -2.29. The molecule has 0 spiro atoms. The van der Waals surface area contributed by atoms with E-state index in [9.17, 15) is 4.79 Å². The summed E-state index contributed by atoms with van der Waals surface area (Å²) < 4.78 is 1.70. The Morgan fingerprint density at radius 2 is 2.00 bits per heavy atom. The number of amides is 1. The van der Waals surface area contributed by atoms with Crippen LogP contribution < -0.4 is 0 Å². The molecule has 2 heterocycles. The molecular formula is C15H24N3O. The second-order valence-corrected chi connectivity index (χ2v) is 7.27. The second kappa shape index (κ2) is 4.36. The van der Waals surface area contributed by atoms with E-state index in [-0.39, 0.29) is 16.7 Å². The number of likely N-dealkylation sites (tertiary alicyclic amines) is 1. The summed E-state index contributed by atoms with van der Waals surface area (Å²) in [7, 11) is 1.84. The van der Waals surface area contributed by atoms with Crippen LogP contribution in [0.15, 0.2) is 6.07 Å². The zero-order chi connectivity index (χ0) is 14.4. The fourth-order valence-corrected chi connectivity index (χ4v) is 2.28. The molecule has 2 rings (SSSR count). The smallest absolute Gasteiger partial charge is 0.272 e. The van der Waals surface area contributed by atoms with Crippen LogP contribution in [0.1, 0.15) is 57.2 Å². The zero-order valence-corrected chi connectivity index (χ0v) is 12.8. The van der Waals surface area contributed by atoms with Gasteiger partial charge >= 0.3 is 0 Å². The molecule has 1 radical (unpaired) electrons. The molecule has 1 aliphatic rings. The van der Waals surface area contributed by atoms with E-state index in [1.165, 1.54) is 0 Å². The van der Waals surface area contributed by atoms with Crippen LogP contribution in [0, 0.1) is 12.0 Å². The van der Waals surface area contributed by atoms with Crippen LogP contribution in [0.4, 0.5) is 0 Å². The number of nitrogens with zero attached hydrogens (tertiary/aromatic N) is 3. The molecular weight excluding hydrogens is 238 g/mol. The summed E-state index contributed by atoms with van der Waals surface area (Å²) in [5, 5.41) is 4.47. The van der Waals surface area contributed by atoms with Gasteiger partial charge in [-0.3, -0.25) is 9.48 Å². The Morgan fingerprint density at radius 1 is 1.37 bits per heavy atom. The van der Waals surface area contributed by atoms with Crippen molar-refractivity contribution in [2.45, 2.75) is 46.5 Å². The van der Waals surface area contributed by atoms with Crippen molar-refractivity contribution in [1.29, 1.82) is 0 Å². The highest BCUT2D eigenvalue weighted by molar-refractivity contribution is 5.93. The molecule has 1 aromatic heterocycles. The van der Waals surface area contributed by atoms with Gasteiger partial charge in [-0.1, -0.05) is 34.6 Å². The number of carbonyl (C=O) groups excluding carboxylic acids is 1. The third-order valence-electron chi connectivity index (χ3n) is 3.59. The molecule has 0 saturated carbocycles. The second-order valence-electron chi connectivity index (χ2n) is 7.27. The minimum Gasteiger partial charge on any atom is -0.332 e. The molecule has 19 heavy (non-hydrogen) atoms. The lowest BCUT2D eigenvalue weighted by atomic mass is 9.92. The Kier molecular flexibility index (Phi) is 3.23. The van der Waals surface area contributed by atoms with E-state index in [0.717, 1.165) is 18.7 Å². The quantitative estimate of drug-likeness (QED) is 0.780. The summed E-state index contributed by atoms with van der Waals surface area (Å²) in [6.07, 6.45) is 0.947. The van der Waals surface area contributed by atoms with E-state index >= 15 is 0 Å². The molecule has 0 aliphatic carbocycles.